The Morgan fingerprint density at radius 2 is 1.91 bits per heavy atom. The van der Waals surface area contributed by atoms with E-state index in [0.717, 1.165) is 38.0 Å². The lowest BCUT2D eigenvalue weighted by Gasteiger charge is -2.24. The molecule has 2 heterocycles. The van der Waals surface area contributed by atoms with Gasteiger partial charge in [-0.05, 0) is 65.5 Å². The first kappa shape index (κ1) is 16.1. The highest BCUT2D eigenvalue weighted by atomic mass is 16.6. The zero-order valence-electron chi connectivity index (χ0n) is 14.3. The van der Waals surface area contributed by atoms with E-state index in [0.29, 0.717) is 6.04 Å². The minimum atomic E-state index is -0.404. The first-order valence-electron chi connectivity index (χ1n) is 8.86. The summed E-state index contributed by atoms with van der Waals surface area (Å²) in [6, 6.07) is 1.33. The molecule has 0 aromatic heterocycles. The van der Waals surface area contributed by atoms with Crippen LogP contribution in [0.15, 0.2) is 0 Å². The average molecular weight is 309 g/mol. The number of likely N-dealkylation sites (tertiary alicyclic amines) is 2. The molecular formula is C17H31N3O2. The SMILES string of the molecule is CC(C)(C)OC(=O)N1CC[C@H](NC[C@@H]2CCN(C3CC3)C2)C1. The van der Waals surface area contributed by atoms with Crippen molar-refractivity contribution in [3.8, 4) is 0 Å². The van der Waals surface area contributed by atoms with Gasteiger partial charge in [0.05, 0.1) is 0 Å². The van der Waals surface area contributed by atoms with Crippen LogP contribution in [0.25, 0.3) is 0 Å². The second kappa shape index (κ2) is 6.36. The van der Waals surface area contributed by atoms with E-state index in [9.17, 15) is 4.79 Å². The molecule has 1 N–H and O–H groups in total. The predicted molar refractivity (Wildman–Crippen MR) is 86.9 cm³/mol. The molecule has 2 saturated heterocycles. The van der Waals surface area contributed by atoms with Gasteiger partial charge in [0.15, 0.2) is 0 Å². The van der Waals surface area contributed by atoms with Gasteiger partial charge in [0.1, 0.15) is 5.60 Å². The van der Waals surface area contributed by atoms with Crippen LogP contribution >= 0.6 is 0 Å². The van der Waals surface area contributed by atoms with E-state index in [4.69, 9.17) is 4.74 Å². The third-order valence-electron chi connectivity index (χ3n) is 4.92. The summed E-state index contributed by atoms with van der Waals surface area (Å²) in [5, 5.41) is 3.67. The van der Waals surface area contributed by atoms with Crippen LogP contribution in [0.4, 0.5) is 4.79 Å². The topological polar surface area (TPSA) is 44.8 Å². The maximum atomic E-state index is 12.1. The summed E-state index contributed by atoms with van der Waals surface area (Å²) < 4.78 is 5.45. The van der Waals surface area contributed by atoms with E-state index >= 15 is 0 Å². The summed E-state index contributed by atoms with van der Waals surface area (Å²) in [5.41, 5.74) is -0.404. The Bertz CT molecular complexity index is 403. The van der Waals surface area contributed by atoms with Gasteiger partial charge in [-0.25, -0.2) is 4.79 Å². The van der Waals surface area contributed by atoms with Crippen LogP contribution in [0.3, 0.4) is 0 Å². The van der Waals surface area contributed by atoms with Gasteiger partial charge >= 0.3 is 6.09 Å². The molecule has 0 aromatic carbocycles. The number of hydrogen-bond donors (Lipinski definition) is 1. The molecule has 2 atom stereocenters. The molecule has 5 nitrogen and oxygen atoms in total. The van der Waals surface area contributed by atoms with Crippen molar-refractivity contribution in [2.75, 3.05) is 32.7 Å². The summed E-state index contributed by atoms with van der Waals surface area (Å²) in [4.78, 5) is 16.6. The first-order valence-corrected chi connectivity index (χ1v) is 8.86. The van der Waals surface area contributed by atoms with Gasteiger partial charge in [-0.2, -0.15) is 0 Å². The monoisotopic (exact) mass is 309 g/mol. The summed E-state index contributed by atoms with van der Waals surface area (Å²) in [5.74, 6) is 0.788. The standard InChI is InChI=1S/C17H31N3O2/c1-17(2,3)22-16(21)20-9-7-14(12-20)18-10-13-6-8-19(11-13)15-4-5-15/h13-15,18H,4-12H2,1-3H3/t13-,14-/m0/s1. The number of hydrogen-bond acceptors (Lipinski definition) is 4. The van der Waals surface area contributed by atoms with Gasteiger partial charge in [-0.1, -0.05) is 0 Å². The third-order valence-corrected chi connectivity index (χ3v) is 4.92. The molecule has 5 heteroatoms. The van der Waals surface area contributed by atoms with E-state index in [1.165, 1.54) is 32.4 Å². The molecule has 1 saturated carbocycles. The largest absolute Gasteiger partial charge is 0.444 e. The molecule has 126 valence electrons. The molecular weight excluding hydrogens is 278 g/mol. The number of nitrogens with one attached hydrogen (secondary N) is 1. The van der Waals surface area contributed by atoms with Crippen molar-refractivity contribution in [1.82, 2.24) is 15.1 Å². The third kappa shape index (κ3) is 4.35. The second-order valence-corrected chi connectivity index (χ2v) is 8.20. The molecule has 1 amide bonds. The fourth-order valence-electron chi connectivity index (χ4n) is 3.55. The van der Waals surface area contributed by atoms with Crippen molar-refractivity contribution < 1.29 is 9.53 Å². The van der Waals surface area contributed by atoms with E-state index in [1.807, 2.05) is 25.7 Å². The zero-order chi connectivity index (χ0) is 15.7. The summed E-state index contributed by atoms with van der Waals surface area (Å²) in [7, 11) is 0. The number of rotatable bonds is 4. The molecule has 0 spiro atoms. The molecule has 22 heavy (non-hydrogen) atoms. The van der Waals surface area contributed by atoms with Crippen LogP contribution in [0.2, 0.25) is 0 Å². The lowest BCUT2D eigenvalue weighted by atomic mass is 10.1. The fraction of sp³-hybridized carbons (Fsp3) is 0.941. The Kier molecular flexibility index (Phi) is 4.64. The van der Waals surface area contributed by atoms with Crippen molar-refractivity contribution in [2.45, 2.75) is 64.1 Å². The number of ether oxygens (including phenoxy) is 1. The quantitative estimate of drug-likeness (QED) is 0.863. The van der Waals surface area contributed by atoms with Crippen molar-refractivity contribution in [1.29, 1.82) is 0 Å². The Balaban J connectivity index is 1.35. The Morgan fingerprint density at radius 3 is 2.59 bits per heavy atom. The highest BCUT2D eigenvalue weighted by molar-refractivity contribution is 5.68. The molecule has 3 rings (SSSR count). The maximum absolute atomic E-state index is 12.1. The fourth-order valence-corrected chi connectivity index (χ4v) is 3.55. The van der Waals surface area contributed by atoms with Gasteiger partial charge in [0.2, 0.25) is 0 Å². The van der Waals surface area contributed by atoms with Crippen LogP contribution in [-0.4, -0.2) is 66.3 Å². The molecule has 0 bridgehead atoms. The highest BCUT2D eigenvalue weighted by Gasteiger charge is 2.35. The van der Waals surface area contributed by atoms with Crippen molar-refractivity contribution in [3.63, 3.8) is 0 Å². The lowest BCUT2D eigenvalue weighted by Crippen LogP contribution is -2.39. The van der Waals surface area contributed by atoms with Crippen LogP contribution in [0, 0.1) is 5.92 Å². The Hall–Kier alpha value is -0.810. The number of amides is 1. The van der Waals surface area contributed by atoms with E-state index in [-0.39, 0.29) is 6.09 Å². The Labute approximate surface area is 134 Å². The van der Waals surface area contributed by atoms with Gasteiger partial charge in [-0.3, -0.25) is 0 Å². The summed E-state index contributed by atoms with van der Waals surface area (Å²) >= 11 is 0. The molecule has 3 fully saturated rings. The van der Waals surface area contributed by atoms with Crippen LogP contribution in [-0.2, 0) is 4.74 Å². The van der Waals surface area contributed by atoms with Crippen LogP contribution in [0.5, 0.6) is 0 Å². The first-order chi connectivity index (χ1) is 10.4. The van der Waals surface area contributed by atoms with Crippen LogP contribution in [0.1, 0.15) is 46.5 Å². The smallest absolute Gasteiger partial charge is 0.410 e. The number of carbonyl (C=O) groups is 1. The average Bonchev–Trinajstić information content (AvgIpc) is 2.99. The van der Waals surface area contributed by atoms with Gasteiger partial charge in [-0.15, -0.1) is 0 Å². The minimum absolute atomic E-state index is 0.169. The van der Waals surface area contributed by atoms with Gasteiger partial charge in [0, 0.05) is 31.7 Å². The molecule has 0 radical (unpaired) electrons. The molecule has 0 aromatic rings. The second-order valence-electron chi connectivity index (χ2n) is 8.20. The summed E-state index contributed by atoms with van der Waals surface area (Å²) in [6.45, 7) is 11.0. The normalized spacial score (nSPS) is 30.0. The van der Waals surface area contributed by atoms with Crippen molar-refractivity contribution >= 4 is 6.09 Å². The summed E-state index contributed by atoms with van der Waals surface area (Å²) in [6.07, 6.45) is 5.02. The highest BCUT2D eigenvalue weighted by Crippen LogP contribution is 2.31. The Morgan fingerprint density at radius 1 is 1.14 bits per heavy atom. The maximum Gasteiger partial charge on any atom is 0.410 e. The predicted octanol–water partition coefficient (Wildman–Crippen LogP) is 2.07. The number of carbonyl (C=O) groups excluding carboxylic acids is 1. The minimum Gasteiger partial charge on any atom is -0.444 e. The lowest BCUT2D eigenvalue weighted by molar-refractivity contribution is 0.0291. The van der Waals surface area contributed by atoms with E-state index < -0.39 is 5.60 Å². The molecule has 2 aliphatic heterocycles. The zero-order valence-corrected chi connectivity index (χ0v) is 14.3. The van der Waals surface area contributed by atoms with Gasteiger partial charge < -0.3 is 19.9 Å². The van der Waals surface area contributed by atoms with E-state index in [1.54, 1.807) is 0 Å². The molecule has 3 aliphatic rings. The van der Waals surface area contributed by atoms with Crippen molar-refractivity contribution in [2.24, 2.45) is 5.92 Å². The van der Waals surface area contributed by atoms with Gasteiger partial charge in [0.25, 0.3) is 0 Å². The number of nitrogens with zero attached hydrogens (tertiary/aromatic N) is 2. The molecule has 0 unspecified atom stereocenters. The molecule has 1 aliphatic carbocycles. The van der Waals surface area contributed by atoms with E-state index in [2.05, 4.69) is 10.2 Å². The van der Waals surface area contributed by atoms with Crippen LogP contribution < -0.4 is 5.32 Å². The van der Waals surface area contributed by atoms with Crippen molar-refractivity contribution in [3.05, 3.63) is 0 Å².